The molecule has 0 fully saturated rings. The lowest BCUT2D eigenvalue weighted by molar-refractivity contribution is -0.118. The molecule has 2 rings (SSSR count). The van der Waals surface area contributed by atoms with Gasteiger partial charge in [0.25, 0.3) is 0 Å². The molecule has 18 heavy (non-hydrogen) atoms. The standard InChI is InChI=1S/C12H13FN4O/c1-17-7-8(6-15-17)11(12(14)18)16-10-4-2-3-9(13)5-10/h2-7,11,16H,1H3,(H2,14,18). The van der Waals surface area contributed by atoms with Crippen LogP contribution >= 0.6 is 0 Å². The number of hydrogen-bond donors (Lipinski definition) is 2. The SMILES string of the molecule is Cn1cc(C(Nc2cccc(F)c2)C(N)=O)cn1. The summed E-state index contributed by atoms with van der Waals surface area (Å²) in [6, 6.07) is 5.11. The topological polar surface area (TPSA) is 72.9 Å². The Kier molecular flexibility index (Phi) is 3.27. The van der Waals surface area contributed by atoms with Gasteiger partial charge in [-0.05, 0) is 18.2 Å². The summed E-state index contributed by atoms with van der Waals surface area (Å²) in [5.74, 6) is -0.929. The van der Waals surface area contributed by atoms with E-state index in [9.17, 15) is 9.18 Å². The number of hydrogen-bond acceptors (Lipinski definition) is 3. The van der Waals surface area contributed by atoms with Crippen molar-refractivity contribution in [2.45, 2.75) is 6.04 Å². The number of carbonyl (C=O) groups excluding carboxylic acids is 1. The molecule has 1 heterocycles. The highest BCUT2D eigenvalue weighted by Crippen LogP contribution is 2.19. The zero-order valence-corrected chi connectivity index (χ0v) is 9.80. The first-order chi connectivity index (χ1) is 8.56. The smallest absolute Gasteiger partial charge is 0.244 e. The Balaban J connectivity index is 2.24. The average Bonchev–Trinajstić information content (AvgIpc) is 2.72. The number of anilines is 1. The van der Waals surface area contributed by atoms with E-state index in [0.29, 0.717) is 11.3 Å². The van der Waals surface area contributed by atoms with Gasteiger partial charge in [-0.3, -0.25) is 9.48 Å². The van der Waals surface area contributed by atoms with E-state index in [-0.39, 0.29) is 5.82 Å². The van der Waals surface area contributed by atoms with Gasteiger partial charge in [-0.1, -0.05) is 6.07 Å². The Bertz CT molecular complexity index is 567. The van der Waals surface area contributed by atoms with Crippen molar-refractivity contribution >= 4 is 11.6 Å². The summed E-state index contributed by atoms with van der Waals surface area (Å²) < 4.78 is 14.6. The number of carbonyl (C=O) groups is 1. The van der Waals surface area contributed by atoms with Crippen molar-refractivity contribution in [1.29, 1.82) is 0 Å². The molecule has 0 aliphatic heterocycles. The van der Waals surface area contributed by atoms with Gasteiger partial charge in [-0.15, -0.1) is 0 Å². The van der Waals surface area contributed by atoms with Gasteiger partial charge in [-0.25, -0.2) is 4.39 Å². The van der Waals surface area contributed by atoms with E-state index in [2.05, 4.69) is 10.4 Å². The number of amides is 1. The van der Waals surface area contributed by atoms with Crippen LogP contribution in [0.15, 0.2) is 36.7 Å². The van der Waals surface area contributed by atoms with Crippen molar-refractivity contribution in [2.75, 3.05) is 5.32 Å². The molecule has 94 valence electrons. The Labute approximate surface area is 103 Å². The van der Waals surface area contributed by atoms with Crippen LogP contribution < -0.4 is 11.1 Å². The van der Waals surface area contributed by atoms with E-state index in [1.165, 1.54) is 12.1 Å². The number of nitrogens with two attached hydrogens (primary N) is 1. The fourth-order valence-electron chi connectivity index (χ4n) is 1.65. The molecule has 1 unspecified atom stereocenters. The molecule has 0 saturated heterocycles. The van der Waals surface area contributed by atoms with Gasteiger partial charge in [0.05, 0.1) is 6.20 Å². The second-order valence-electron chi connectivity index (χ2n) is 3.94. The zero-order valence-electron chi connectivity index (χ0n) is 9.80. The second-order valence-corrected chi connectivity index (χ2v) is 3.94. The highest BCUT2D eigenvalue weighted by atomic mass is 19.1. The third-order valence-corrected chi connectivity index (χ3v) is 2.48. The molecule has 0 saturated carbocycles. The van der Waals surface area contributed by atoms with Crippen molar-refractivity contribution in [3.05, 3.63) is 48.0 Å². The molecule has 0 bridgehead atoms. The summed E-state index contributed by atoms with van der Waals surface area (Å²) >= 11 is 0. The lowest BCUT2D eigenvalue weighted by Crippen LogP contribution is -2.27. The van der Waals surface area contributed by atoms with Gasteiger partial charge in [0.1, 0.15) is 11.9 Å². The summed E-state index contributed by atoms with van der Waals surface area (Å²) in [5.41, 5.74) is 6.45. The molecule has 2 aromatic rings. The molecule has 1 atom stereocenters. The van der Waals surface area contributed by atoms with E-state index >= 15 is 0 Å². The van der Waals surface area contributed by atoms with Crippen LogP contribution in [-0.2, 0) is 11.8 Å². The first kappa shape index (κ1) is 12.1. The lowest BCUT2D eigenvalue weighted by Gasteiger charge is -2.15. The normalized spacial score (nSPS) is 12.1. The minimum Gasteiger partial charge on any atom is -0.370 e. The maximum absolute atomic E-state index is 13.1. The fourth-order valence-corrected chi connectivity index (χ4v) is 1.65. The first-order valence-electron chi connectivity index (χ1n) is 5.36. The molecule has 0 radical (unpaired) electrons. The largest absolute Gasteiger partial charge is 0.370 e. The van der Waals surface area contributed by atoms with Crippen LogP contribution in [0.2, 0.25) is 0 Å². The molecule has 1 aromatic carbocycles. The van der Waals surface area contributed by atoms with Gasteiger partial charge in [0, 0.05) is 24.5 Å². The van der Waals surface area contributed by atoms with Crippen molar-refractivity contribution in [3.63, 3.8) is 0 Å². The average molecular weight is 248 g/mol. The highest BCUT2D eigenvalue weighted by molar-refractivity contribution is 5.84. The quantitative estimate of drug-likeness (QED) is 0.853. The summed E-state index contributed by atoms with van der Waals surface area (Å²) in [4.78, 5) is 11.4. The van der Waals surface area contributed by atoms with E-state index in [1.54, 1.807) is 36.3 Å². The van der Waals surface area contributed by atoms with Crippen LogP contribution in [0.3, 0.4) is 0 Å². The van der Waals surface area contributed by atoms with Crippen LogP contribution in [0, 0.1) is 5.82 Å². The van der Waals surface area contributed by atoms with Crippen molar-refractivity contribution in [3.8, 4) is 0 Å². The zero-order chi connectivity index (χ0) is 13.1. The number of halogens is 1. The summed E-state index contributed by atoms with van der Waals surface area (Å²) in [7, 11) is 1.74. The number of aryl methyl sites for hydroxylation is 1. The minimum absolute atomic E-state index is 0.380. The second kappa shape index (κ2) is 4.87. The van der Waals surface area contributed by atoms with Crippen LogP contribution in [-0.4, -0.2) is 15.7 Å². The lowest BCUT2D eigenvalue weighted by atomic mass is 10.1. The number of aromatic nitrogens is 2. The molecule has 0 spiro atoms. The first-order valence-corrected chi connectivity index (χ1v) is 5.36. The monoisotopic (exact) mass is 248 g/mol. The van der Waals surface area contributed by atoms with Gasteiger partial charge in [0.2, 0.25) is 5.91 Å². The van der Waals surface area contributed by atoms with E-state index in [0.717, 1.165) is 0 Å². The van der Waals surface area contributed by atoms with Crippen LogP contribution in [0.25, 0.3) is 0 Å². The number of primary amides is 1. The molecule has 1 amide bonds. The van der Waals surface area contributed by atoms with E-state index in [1.807, 2.05) is 0 Å². The molecular weight excluding hydrogens is 235 g/mol. The van der Waals surface area contributed by atoms with Gasteiger partial charge < -0.3 is 11.1 Å². The number of benzene rings is 1. The Hall–Kier alpha value is -2.37. The van der Waals surface area contributed by atoms with Crippen molar-refractivity contribution in [1.82, 2.24) is 9.78 Å². The molecule has 0 aliphatic carbocycles. The van der Waals surface area contributed by atoms with Crippen molar-refractivity contribution in [2.24, 2.45) is 12.8 Å². The Morgan fingerprint density at radius 1 is 1.56 bits per heavy atom. The van der Waals surface area contributed by atoms with Crippen LogP contribution in [0.1, 0.15) is 11.6 Å². The third kappa shape index (κ3) is 2.65. The van der Waals surface area contributed by atoms with Crippen molar-refractivity contribution < 1.29 is 9.18 Å². The minimum atomic E-state index is -0.736. The predicted molar refractivity (Wildman–Crippen MR) is 65.2 cm³/mol. The molecule has 3 N–H and O–H groups in total. The molecule has 5 nitrogen and oxygen atoms in total. The van der Waals surface area contributed by atoms with Gasteiger partial charge in [0.15, 0.2) is 0 Å². The van der Waals surface area contributed by atoms with Crippen LogP contribution in [0.5, 0.6) is 0 Å². The maximum Gasteiger partial charge on any atom is 0.244 e. The number of nitrogens with one attached hydrogen (secondary N) is 1. The van der Waals surface area contributed by atoms with E-state index < -0.39 is 11.9 Å². The van der Waals surface area contributed by atoms with E-state index in [4.69, 9.17) is 5.73 Å². The Morgan fingerprint density at radius 3 is 2.89 bits per heavy atom. The van der Waals surface area contributed by atoms with Gasteiger partial charge in [-0.2, -0.15) is 5.10 Å². The predicted octanol–water partition coefficient (Wildman–Crippen LogP) is 1.20. The maximum atomic E-state index is 13.1. The summed E-state index contributed by atoms with van der Waals surface area (Å²) in [6.07, 6.45) is 3.23. The molecule has 1 aromatic heterocycles. The summed E-state index contributed by atoms with van der Waals surface area (Å²) in [5, 5.41) is 6.85. The molecular formula is C12H13FN4O. The summed E-state index contributed by atoms with van der Waals surface area (Å²) in [6.45, 7) is 0. The molecule has 6 heteroatoms. The Morgan fingerprint density at radius 2 is 2.33 bits per heavy atom. The molecule has 0 aliphatic rings. The number of nitrogens with zero attached hydrogens (tertiary/aromatic N) is 2. The van der Waals surface area contributed by atoms with Crippen LogP contribution in [0.4, 0.5) is 10.1 Å². The third-order valence-electron chi connectivity index (χ3n) is 2.48. The van der Waals surface area contributed by atoms with Gasteiger partial charge >= 0.3 is 0 Å². The number of rotatable bonds is 4. The highest BCUT2D eigenvalue weighted by Gasteiger charge is 2.19. The fraction of sp³-hybridized carbons (Fsp3) is 0.167.